The largest absolute Gasteiger partial charge is 0.312 e. The fraction of sp³-hybridized carbons (Fsp3) is 0.294. The van der Waals surface area contributed by atoms with Gasteiger partial charge in [0.2, 0.25) is 0 Å². The molecule has 146 valence electrons. The highest BCUT2D eigenvalue weighted by Crippen LogP contribution is 2.24. The average Bonchev–Trinajstić information content (AvgIpc) is 2.60. The van der Waals surface area contributed by atoms with Crippen molar-refractivity contribution in [1.82, 2.24) is 10.0 Å². The summed E-state index contributed by atoms with van der Waals surface area (Å²) in [6.45, 7) is 0.880. The Kier molecular flexibility index (Phi) is 6.08. The van der Waals surface area contributed by atoms with Crippen LogP contribution in [0.5, 0.6) is 0 Å². The van der Waals surface area contributed by atoms with Gasteiger partial charge in [-0.15, -0.1) is 0 Å². The lowest BCUT2D eigenvalue weighted by molar-refractivity contribution is -0.131. The van der Waals surface area contributed by atoms with Crippen LogP contribution in [0.1, 0.15) is 13.3 Å². The molecule has 1 heterocycles. The molecule has 0 aliphatic heterocycles. The summed E-state index contributed by atoms with van der Waals surface area (Å²) in [6.07, 6.45) is 1.46. The number of carbonyl (C=O) groups excluding carboxylic acids is 1. The van der Waals surface area contributed by atoms with E-state index in [1.807, 2.05) is 0 Å². The summed E-state index contributed by atoms with van der Waals surface area (Å²) in [6, 6.07) is 7.34. The van der Waals surface area contributed by atoms with Crippen LogP contribution < -0.4 is 11.0 Å². The topological polar surface area (TPSA) is 105 Å². The molecule has 10 heteroatoms. The predicted molar refractivity (Wildman–Crippen MR) is 98.9 cm³/mol. The van der Waals surface area contributed by atoms with Crippen LogP contribution in [0.4, 0.5) is 4.39 Å². The summed E-state index contributed by atoms with van der Waals surface area (Å²) in [5.74, 6) is -1.82. The summed E-state index contributed by atoms with van der Waals surface area (Å²) in [5, 5.41) is 9.28. The SMILES string of the molecule is CC(CCn1cc(F)c(-c2ccc(Cl)cc2)cc1=O)(C(=O)NO)S(C)(=O)=O. The number of nitrogens with zero attached hydrogens (tertiary/aromatic N) is 1. The van der Waals surface area contributed by atoms with Crippen molar-refractivity contribution in [3.8, 4) is 11.1 Å². The summed E-state index contributed by atoms with van der Waals surface area (Å²) >= 11 is 5.79. The fourth-order valence-corrected chi connectivity index (χ4v) is 3.46. The van der Waals surface area contributed by atoms with Crippen molar-refractivity contribution in [3.63, 3.8) is 0 Å². The maximum absolute atomic E-state index is 14.5. The van der Waals surface area contributed by atoms with E-state index in [9.17, 15) is 22.4 Å². The first-order chi connectivity index (χ1) is 12.5. The summed E-state index contributed by atoms with van der Waals surface area (Å²) in [4.78, 5) is 24.1. The van der Waals surface area contributed by atoms with Gasteiger partial charge in [0.05, 0.1) is 0 Å². The third kappa shape index (κ3) is 4.37. The monoisotopic (exact) mass is 416 g/mol. The number of hydrogen-bond acceptors (Lipinski definition) is 5. The van der Waals surface area contributed by atoms with Crippen molar-refractivity contribution in [2.45, 2.75) is 24.6 Å². The van der Waals surface area contributed by atoms with Crippen molar-refractivity contribution < 1.29 is 22.8 Å². The molecule has 0 fully saturated rings. The summed E-state index contributed by atoms with van der Waals surface area (Å²) in [5.41, 5.74) is 1.29. The molecule has 0 spiro atoms. The number of amides is 1. The van der Waals surface area contributed by atoms with Crippen LogP contribution in [0.15, 0.2) is 41.3 Å². The van der Waals surface area contributed by atoms with E-state index in [1.54, 1.807) is 24.3 Å². The molecule has 0 radical (unpaired) electrons. The molecular weight excluding hydrogens is 399 g/mol. The molecule has 2 aromatic rings. The molecular formula is C17H18ClFN2O5S. The number of benzene rings is 1. The third-order valence-corrected chi connectivity index (χ3v) is 6.74. The van der Waals surface area contributed by atoms with Crippen LogP contribution in [-0.4, -0.2) is 35.1 Å². The number of rotatable bonds is 6. The normalized spacial score (nSPS) is 13.8. The van der Waals surface area contributed by atoms with Gasteiger partial charge in [0, 0.05) is 35.6 Å². The zero-order chi connectivity index (χ0) is 20.4. The van der Waals surface area contributed by atoms with Crippen LogP contribution in [-0.2, 0) is 21.2 Å². The minimum absolute atomic E-state index is 0.0758. The number of aromatic nitrogens is 1. The van der Waals surface area contributed by atoms with Gasteiger partial charge < -0.3 is 4.57 Å². The van der Waals surface area contributed by atoms with Crippen molar-refractivity contribution >= 4 is 27.3 Å². The van der Waals surface area contributed by atoms with Gasteiger partial charge in [0.25, 0.3) is 11.5 Å². The number of nitrogens with one attached hydrogen (secondary N) is 1. The molecule has 0 aliphatic rings. The number of pyridine rings is 1. The molecule has 2 N–H and O–H groups in total. The van der Waals surface area contributed by atoms with E-state index in [4.69, 9.17) is 16.8 Å². The standard InChI is InChI=1S/C17H18ClFN2O5S/c1-17(16(23)20-24,27(2,25)26)7-8-21-10-14(19)13(9-15(21)22)11-3-5-12(18)6-4-11/h3-6,9-10,24H,7-8H2,1-2H3,(H,20,23). The number of halogens is 2. The van der Waals surface area contributed by atoms with Gasteiger partial charge in [0.1, 0.15) is 5.82 Å². The van der Waals surface area contributed by atoms with E-state index in [2.05, 4.69) is 0 Å². The van der Waals surface area contributed by atoms with Crippen LogP contribution in [0.3, 0.4) is 0 Å². The lowest BCUT2D eigenvalue weighted by atomic mass is 10.1. The predicted octanol–water partition coefficient (Wildman–Crippen LogP) is 2.01. The highest BCUT2D eigenvalue weighted by molar-refractivity contribution is 7.92. The Balaban J connectivity index is 2.35. The molecule has 0 aliphatic carbocycles. The molecule has 0 bridgehead atoms. The van der Waals surface area contributed by atoms with Gasteiger partial charge in [-0.25, -0.2) is 18.3 Å². The second kappa shape index (κ2) is 7.79. The first kappa shape index (κ1) is 21.1. The first-order valence-corrected chi connectivity index (χ1v) is 10.1. The Morgan fingerprint density at radius 1 is 1.33 bits per heavy atom. The van der Waals surface area contributed by atoms with Gasteiger partial charge in [-0.1, -0.05) is 23.7 Å². The van der Waals surface area contributed by atoms with Crippen molar-refractivity contribution in [2.75, 3.05) is 6.26 Å². The Hall–Kier alpha value is -2.23. The van der Waals surface area contributed by atoms with Gasteiger partial charge >= 0.3 is 0 Å². The molecule has 1 amide bonds. The number of carbonyl (C=O) groups is 1. The van der Waals surface area contributed by atoms with Crippen LogP contribution in [0.25, 0.3) is 11.1 Å². The maximum atomic E-state index is 14.5. The Labute approximate surface area is 160 Å². The lowest BCUT2D eigenvalue weighted by Crippen LogP contribution is -2.50. The highest BCUT2D eigenvalue weighted by atomic mass is 35.5. The number of hydroxylamine groups is 1. The van der Waals surface area contributed by atoms with E-state index in [1.165, 1.54) is 5.48 Å². The average molecular weight is 417 g/mol. The van der Waals surface area contributed by atoms with E-state index in [0.29, 0.717) is 10.6 Å². The number of hydrogen-bond donors (Lipinski definition) is 2. The molecule has 1 aromatic heterocycles. The first-order valence-electron chi connectivity index (χ1n) is 7.79. The smallest absolute Gasteiger partial charge is 0.264 e. The quantitative estimate of drug-likeness (QED) is 0.553. The molecule has 1 aromatic carbocycles. The van der Waals surface area contributed by atoms with Gasteiger partial charge in [-0.3, -0.25) is 14.8 Å². The Morgan fingerprint density at radius 2 is 1.93 bits per heavy atom. The van der Waals surface area contributed by atoms with Gasteiger partial charge in [-0.05, 0) is 31.0 Å². The summed E-state index contributed by atoms with van der Waals surface area (Å²) < 4.78 is 37.4. The molecule has 7 nitrogen and oxygen atoms in total. The summed E-state index contributed by atoms with van der Waals surface area (Å²) in [7, 11) is -3.92. The molecule has 27 heavy (non-hydrogen) atoms. The highest BCUT2D eigenvalue weighted by Gasteiger charge is 2.43. The maximum Gasteiger partial charge on any atom is 0.264 e. The number of aryl methyl sites for hydroxylation is 1. The van der Waals surface area contributed by atoms with Gasteiger partial charge in [-0.2, -0.15) is 0 Å². The molecule has 1 atom stereocenters. The van der Waals surface area contributed by atoms with Crippen molar-refractivity contribution in [1.29, 1.82) is 0 Å². The number of sulfone groups is 1. The molecule has 2 rings (SSSR count). The Bertz CT molecular complexity index is 1020. The molecule has 0 saturated carbocycles. The molecule has 1 unspecified atom stereocenters. The second-order valence-electron chi connectivity index (χ2n) is 6.27. The zero-order valence-electron chi connectivity index (χ0n) is 14.6. The van der Waals surface area contributed by atoms with E-state index in [0.717, 1.165) is 30.0 Å². The van der Waals surface area contributed by atoms with Crippen LogP contribution in [0.2, 0.25) is 5.02 Å². The fourth-order valence-electron chi connectivity index (χ4n) is 2.49. The van der Waals surface area contributed by atoms with Gasteiger partial charge in [0.15, 0.2) is 14.6 Å². The van der Waals surface area contributed by atoms with Crippen LogP contribution >= 0.6 is 11.6 Å². The van der Waals surface area contributed by atoms with E-state index >= 15 is 0 Å². The zero-order valence-corrected chi connectivity index (χ0v) is 16.1. The molecule has 0 saturated heterocycles. The lowest BCUT2D eigenvalue weighted by Gasteiger charge is -2.25. The minimum atomic E-state index is -3.92. The van der Waals surface area contributed by atoms with E-state index < -0.39 is 31.9 Å². The third-order valence-electron chi connectivity index (χ3n) is 4.46. The van der Waals surface area contributed by atoms with Crippen LogP contribution in [0, 0.1) is 5.82 Å². The van der Waals surface area contributed by atoms with Crippen molar-refractivity contribution in [3.05, 3.63) is 57.7 Å². The minimum Gasteiger partial charge on any atom is -0.312 e. The second-order valence-corrected chi connectivity index (χ2v) is 9.15. The Morgan fingerprint density at radius 3 is 2.44 bits per heavy atom. The van der Waals surface area contributed by atoms with Crippen molar-refractivity contribution in [2.24, 2.45) is 0 Å². The van der Waals surface area contributed by atoms with E-state index in [-0.39, 0.29) is 18.5 Å².